The van der Waals surface area contributed by atoms with Gasteiger partial charge < -0.3 is 19.7 Å². The third-order valence-electron chi connectivity index (χ3n) is 5.15. The number of nitrogens with one attached hydrogen (secondary N) is 1. The molecular weight excluding hydrogens is 368 g/mol. The smallest absolute Gasteiger partial charge is 0.254 e. The van der Waals surface area contributed by atoms with Gasteiger partial charge in [0.25, 0.3) is 5.91 Å². The lowest BCUT2D eigenvalue weighted by Gasteiger charge is -2.18. The molecule has 1 aliphatic rings. The van der Waals surface area contributed by atoms with Gasteiger partial charge >= 0.3 is 0 Å². The van der Waals surface area contributed by atoms with Gasteiger partial charge in [0.2, 0.25) is 5.91 Å². The number of carbonyl (C=O) groups excluding carboxylic acids is 2. The Labute approximate surface area is 171 Å². The summed E-state index contributed by atoms with van der Waals surface area (Å²) in [5.41, 5.74) is 3.37. The number of hydrogen-bond donors (Lipinski definition) is 1. The van der Waals surface area contributed by atoms with Gasteiger partial charge in [-0.1, -0.05) is 18.2 Å². The van der Waals surface area contributed by atoms with Gasteiger partial charge in [0, 0.05) is 24.9 Å². The molecule has 1 N–H and O–H groups in total. The van der Waals surface area contributed by atoms with Crippen LogP contribution in [0.5, 0.6) is 5.75 Å². The number of nitrogens with zero attached hydrogens (tertiary/aromatic N) is 1. The molecule has 0 aromatic heterocycles. The van der Waals surface area contributed by atoms with Crippen LogP contribution in [0, 0.1) is 13.8 Å². The van der Waals surface area contributed by atoms with Crippen LogP contribution in [0.25, 0.3) is 0 Å². The number of aryl methyl sites for hydroxylation is 1. The van der Waals surface area contributed by atoms with Gasteiger partial charge in [-0.3, -0.25) is 9.59 Å². The van der Waals surface area contributed by atoms with Gasteiger partial charge in [-0.25, -0.2) is 0 Å². The minimum absolute atomic E-state index is 0.0345. The number of amides is 2. The number of ether oxygens (including phenoxy) is 2. The van der Waals surface area contributed by atoms with E-state index < -0.39 is 0 Å². The lowest BCUT2D eigenvalue weighted by molar-refractivity contribution is -0.116. The lowest BCUT2D eigenvalue weighted by Crippen LogP contribution is -2.35. The van der Waals surface area contributed by atoms with Crippen LogP contribution in [0.3, 0.4) is 0 Å². The molecule has 1 aliphatic heterocycles. The summed E-state index contributed by atoms with van der Waals surface area (Å²) in [7, 11) is 1.62. The first-order valence-corrected chi connectivity index (χ1v) is 9.90. The Balaban J connectivity index is 1.57. The molecule has 1 fully saturated rings. The van der Waals surface area contributed by atoms with Crippen LogP contribution in [0.15, 0.2) is 42.5 Å². The zero-order valence-corrected chi connectivity index (χ0v) is 17.2. The quantitative estimate of drug-likeness (QED) is 0.777. The number of anilines is 1. The number of benzene rings is 2. The highest BCUT2D eigenvalue weighted by atomic mass is 16.5. The minimum Gasteiger partial charge on any atom is -0.491 e. The molecule has 0 radical (unpaired) electrons. The third-order valence-corrected chi connectivity index (χ3v) is 5.15. The first-order chi connectivity index (χ1) is 13.9. The fraction of sp³-hybridized carbons (Fsp3) is 0.391. The Bertz CT molecular complexity index is 875. The van der Waals surface area contributed by atoms with Crippen LogP contribution in [0.4, 0.5) is 5.69 Å². The molecule has 154 valence electrons. The summed E-state index contributed by atoms with van der Waals surface area (Å²) >= 11 is 0. The molecule has 6 nitrogen and oxygen atoms in total. The first kappa shape index (κ1) is 20.9. The molecule has 6 heteroatoms. The summed E-state index contributed by atoms with van der Waals surface area (Å²) < 4.78 is 11.3. The number of rotatable bonds is 7. The summed E-state index contributed by atoms with van der Waals surface area (Å²) in [6.45, 7) is 5.18. The van der Waals surface area contributed by atoms with Gasteiger partial charge in [-0.05, 0) is 62.1 Å². The summed E-state index contributed by atoms with van der Waals surface area (Å²) in [6.07, 6.45) is 2.17. The van der Waals surface area contributed by atoms with Gasteiger partial charge in [0.15, 0.2) is 0 Å². The zero-order valence-electron chi connectivity index (χ0n) is 17.2. The number of hydrogen-bond acceptors (Lipinski definition) is 4. The highest BCUT2D eigenvalue weighted by Gasteiger charge is 2.18. The maximum Gasteiger partial charge on any atom is 0.254 e. The van der Waals surface area contributed by atoms with Crippen LogP contribution in [0.2, 0.25) is 0 Å². The van der Waals surface area contributed by atoms with E-state index in [9.17, 15) is 9.59 Å². The Morgan fingerprint density at radius 2 is 2.00 bits per heavy atom. The average Bonchev–Trinajstić information content (AvgIpc) is 3.23. The van der Waals surface area contributed by atoms with Crippen molar-refractivity contribution in [3.63, 3.8) is 0 Å². The van der Waals surface area contributed by atoms with E-state index in [-0.39, 0.29) is 24.5 Å². The molecule has 0 saturated carbocycles. The Morgan fingerprint density at radius 3 is 2.76 bits per heavy atom. The molecule has 1 heterocycles. The maximum atomic E-state index is 12.7. The van der Waals surface area contributed by atoms with Crippen LogP contribution in [-0.4, -0.2) is 49.6 Å². The molecule has 29 heavy (non-hydrogen) atoms. The van der Waals surface area contributed by atoms with Crippen molar-refractivity contribution < 1.29 is 19.1 Å². The molecule has 1 unspecified atom stereocenters. The molecule has 2 aromatic carbocycles. The molecular formula is C23H28N2O4. The highest BCUT2D eigenvalue weighted by Crippen LogP contribution is 2.19. The molecule has 2 amide bonds. The Hall–Kier alpha value is -2.86. The molecule has 0 aliphatic carbocycles. The van der Waals surface area contributed by atoms with E-state index in [0.717, 1.165) is 36.3 Å². The van der Waals surface area contributed by atoms with Crippen LogP contribution in [-0.2, 0) is 9.53 Å². The Kier molecular flexibility index (Phi) is 6.88. The van der Waals surface area contributed by atoms with Gasteiger partial charge in [0.1, 0.15) is 12.4 Å². The van der Waals surface area contributed by atoms with E-state index >= 15 is 0 Å². The second-order valence-electron chi connectivity index (χ2n) is 7.43. The number of likely N-dealkylation sites (N-methyl/N-ethyl adjacent to an activating group) is 1. The summed E-state index contributed by atoms with van der Waals surface area (Å²) in [4.78, 5) is 26.5. The molecule has 3 rings (SSSR count). The molecule has 1 saturated heterocycles. The van der Waals surface area contributed by atoms with Crippen LogP contribution in [0.1, 0.15) is 34.3 Å². The number of carbonyl (C=O) groups is 2. The highest BCUT2D eigenvalue weighted by molar-refractivity contribution is 5.99. The third kappa shape index (κ3) is 5.57. The maximum absolute atomic E-state index is 12.7. The van der Waals surface area contributed by atoms with E-state index in [0.29, 0.717) is 17.9 Å². The van der Waals surface area contributed by atoms with E-state index in [4.69, 9.17) is 9.47 Å². The monoisotopic (exact) mass is 396 g/mol. The molecule has 1 atom stereocenters. The van der Waals surface area contributed by atoms with Crippen LogP contribution < -0.4 is 10.1 Å². The Morgan fingerprint density at radius 1 is 1.21 bits per heavy atom. The van der Waals surface area contributed by atoms with Gasteiger partial charge in [-0.2, -0.15) is 0 Å². The predicted molar refractivity (Wildman–Crippen MR) is 112 cm³/mol. The SMILES string of the molecule is Cc1cccc(NC(=O)CN(C)C(=O)c2cccc(OCC3CCCO3)c2)c1C. The van der Waals surface area contributed by atoms with Crippen molar-refractivity contribution in [1.29, 1.82) is 0 Å². The van der Waals surface area contributed by atoms with E-state index in [1.54, 1.807) is 25.2 Å². The lowest BCUT2D eigenvalue weighted by atomic mass is 10.1. The zero-order chi connectivity index (χ0) is 20.8. The molecule has 0 bridgehead atoms. The summed E-state index contributed by atoms with van der Waals surface area (Å²) in [5, 5.41) is 2.88. The fourth-order valence-corrected chi connectivity index (χ4v) is 3.27. The van der Waals surface area contributed by atoms with Gasteiger partial charge in [0.05, 0.1) is 12.6 Å². The van der Waals surface area contributed by atoms with E-state index in [2.05, 4.69) is 5.32 Å². The van der Waals surface area contributed by atoms with Crippen molar-refractivity contribution in [1.82, 2.24) is 4.90 Å². The van der Waals surface area contributed by atoms with Crippen molar-refractivity contribution in [2.45, 2.75) is 32.8 Å². The predicted octanol–water partition coefficient (Wildman–Crippen LogP) is 3.57. The van der Waals surface area contributed by atoms with Crippen molar-refractivity contribution in [2.75, 3.05) is 32.1 Å². The van der Waals surface area contributed by atoms with Crippen molar-refractivity contribution in [3.8, 4) is 5.75 Å². The molecule has 0 spiro atoms. The fourth-order valence-electron chi connectivity index (χ4n) is 3.27. The molecule has 2 aromatic rings. The second kappa shape index (κ2) is 9.56. The topological polar surface area (TPSA) is 67.9 Å². The largest absolute Gasteiger partial charge is 0.491 e. The first-order valence-electron chi connectivity index (χ1n) is 9.90. The van der Waals surface area contributed by atoms with Crippen molar-refractivity contribution in [3.05, 3.63) is 59.2 Å². The summed E-state index contributed by atoms with van der Waals surface area (Å²) in [5.74, 6) is 0.156. The normalized spacial score (nSPS) is 15.8. The van der Waals surface area contributed by atoms with E-state index in [1.165, 1.54) is 4.90 Å². The minimum atomic E-state index is -0.236. The average molecular weight is 396 g/mol. The second-order valence-corrected chi connectivity index (χ2v) is 7.43. The van der Waals surface area contributed by atoms with E-state index in [1.807, 2.05) is 38.1 Å². The van der Waals surface area contributed by atoms with Gasteiger partial charge in [-0.15, -0.1) is 0 Å². The standard InChI is InChI=1S/C23H28N2O4/c1-16-7-4-11-21(17(16)2)24-22(26)14-25(3)23(27)18-8-5-9-19(13-18)29-15-20-10-6-12-28-20/h4-5,7-9,11,13,20H,6,10,12,14-15H2,1-3H3,(H,24,26). The van der Waals surface area contributed by atoms with Crippen molar-refractivity contribution >= 4 is 17.5 Å². The van der Waals surface area contributed by atoms with Crippen LogP contribution >= 0.6 is 0 Å². The summed E-state index contributed by atoms with van der Waals surface area (Å²) in [6, 6.07) is 12.8. The van der Waals surface area contributed by atoms with Crippen molar-refractivity contribution in [2.24, 2.45) is 0 Å².